The Morgan fingerprint density at radius 3 is 1.64 bits per heavy atom. The Bertz CT molecular complexity index is 908. The molecule has 0 N–H and O–H groups in total. The van der Waals surface area contributed by atoms with E-state index in [0.717, 1.165) is 15.4 Å². The first kappa shape index (κ1) is 16.8. The molecule has 2 aliphatic rings. The normalized spacial score (nSPS) is 17.6. The second-order valence-corrected chi connectivity index (χ2v) is 6.23. The molecule has 128 valence electrons. The van der Waals surface area contributed by atoms with Crippen molar-refractivity contribution in [2.24, 2.45) is 0 Å². The van der Waals surface area contributed by atoms with Crippen LogP contribution in [0, 0.1) is 6.92 Å². The van der Waals surface area contributed by atoms with Crippen LogP contribution in [-0.4, -0.2) is 23.6 Å². The minimum Gasteiger partial charge on any atom is -0.269 e. The number of anilines is 2. The van der Waals surface area contributed by atoms with E-state index in [1.165, 1.54) is 12.2 Å². The summed E-state index contributed by atoms with van der Waals surface area (Å²) in [6.45, 7) is 6.84. The first-order valence-corrected chi connectivity index (χ1v) is 8.03. The molecule has 0 aliphatic carbocycles. The van der Waals surface area contributed by atoms with E-state index in [2.05, 4.69) is 0 Å². The lowest BCUT2D eigenvalue weighted by Crippen LogP contribution is -2.33. The molecule has 0 unspecified atom stereocenters. The summed E-state index contributed by atoms with van der Waals surface area (Å²) in [5, 5.41) is 0. The number of carbonyl (C=O) groups excluding carboxylic acids is 4. The molecule has 0 saturated carbocycles. The molecule has 0 fully saturated rings. The van der Waals surface area contributed by atoms with Crippen LogP contribution in [0.2, 0.25) is 0 Å². The van der Waals surface area contributed by atoms with Gasteiger partial charge in [0.05, 0.1) is 11.4 Å². The van der Waals surface area contributed by atoms with Crippen molar-refractivity contribution in [1.29, 1.82) is 0 Å². The SMILES string of the molecule is CCc1cc(N2C(=O)C=C(C)C2=O)c(C)cc1N1C(=O)C=C(C)C1=O. The maximum atomic E-state index is 12.3. The van der Waals surface area contributed by atoms with Crippen LogP contribution in [0.15, 0.2) is 35.4 Å². The van der Waals surface area contributed by atoms with Gasteiger partial charge in [0.15, 0.2) is 0 Å². The Hall–Kier alpha value is -3.02. The molecule has 0 spiro atoms. The van der Waals surface area contributed by atoms with Crippen molar-refractivity contribution in [2.75, 3.05) is 9.80 Å². The zero-order valence-corrected chi connectivity index (χ0v) is 14.5. The summed E-state index contributed by atoms with van der Waals surface area (Å²) in [6, 6.07) is 3.39. The molecule has 0 saturated heterocycles. The highest BCUT2D eigenvalue weighted by Crippen LogP contribution is 2.34. The van der Waals surface area contributed by atoms with Crippen molar-refractivity contribution in [3.05, 3.63) is 46.6 Å². The minimum absolute atomic E-state index is 0.349. The molecule has 0 bridgehead atoms. The van der Waals surface area contributed by atoms with E-state index in [0.29, 0.717) is 34.5 Å². The van der Waals surface area contributed by atoms with Crippen LogP contribution in [0.3, 0.4) is 0 Å². The van der Waals surface area contributed by atoms with Gasteiger partial charge in [0, 0.05) is 23.3 Å². The highest BCUT2D eigenvalue weighted by Gasteiger charge is 2.34. The third-order valence-electron chi connectivity index (χ3n) is 4.46. The van der Waals surface area contributed by atoms with Gasteiger partial charge in [-0.3, -0.25) is 19.2 Å². The Morgan fingerprint density at radius 1 is 0.760 bits per heavy atom. The molecule has 0 aromatic heterocycles. The molecule has 3 rings (SSSR count). The molecular formula is C19H18N2O4. The second-order valence-electron chi connectivity index (χ2n) is 6.23. The molecule has 25 heavy (non-hydrogen) atoms. The highest BCUT2D eigenvalue weighted by molar-refractivity contribution is 6.32. The van der Waals surface area contributed by atoms with Crippen molar-refractivity contribution in [1.82, 2.24) is 0 Å². The van der Waals surface area contributed by atoms with Crippen LogP contribution in [-0.2, 0) is 25.6 Å². The predicted octanol–water partition coefficient (Wildman–Crippen LogP) is 2.20. The third kappa shape index (κ3) is 2.50. The monoisotopic (exact) mass is 338 g/mol. The number of hydrogen-bond donors (Lipinski definition) is 0. The highest BCUT2D eigenvalue weighted by atomic mass is 16.2. The molecule has 1 aromatic carbocycles. The lowest BCUT2D eigenvalue weighted by Gasteiger charge is -2.23. The Morgan fingerprint density at radius 2 is 1.24 bits per heavy atom. The maximum absolute atomic E-state index is 12.3. The van der Waals surface area contributed by atoms with Gasteiger partial charge in [0.1, 0.15) is 0 Å². The lowest BCUT2D eigenvalue weighted by molar-refractivity contribution is -0.122. The Balaban J connectivity index is 2.10. The van der Waals surface area contributed by atoms with Gasteiger partial charge in [-0.2, -0.15) is 0 Å². The molecule has 1 aromatic rings. The predicted molar refractivity (Wildman–Crippen MR) is 93.1 cm³/mol. The van der Waals surface area contributed by atoms with Gasteiger partial charge in [-0.1, -0.05) is 6.92 Å². The van der Waals surface area contributed by atoms with Crippen LogP contribution in [0.25, 0.3) is 0 Å². The van der Waals surface area contributed by atoms with E-state index in [9.17, 15) is 19.2 Å². The van der Waals surface area contributed by atoms with Crippen LogP contribution in [0.4, 0.5) is 11.4 Å². The summed E-state index contributed by atoms with van der Waals surface area (Å²) in [6.07, 6.45) is 3.16. The number of benzene rings is 1. The number of rotatable bonds is 3. The number of hydrogen-bond acceptors (Lipinski definition) is 4. The summed E-state index contributed by atoms with van der Waals surface area (Å²) in [5.74, 6) is -1.46. The van der Waals surface area contributed by atoms with E-state index in [4.69, 9.17) is 0 Å². The van der Waals surface area contributed by atoms with Crippen molar-refractivity contribution in [3.63, 3.8) is 0 Å². The zero-order valence-electron chi connectivity index (χ0n) is 14.5. The van der Waals surface area contributed by atoms with E-state index in [-0.39, 0.29) is 23.6 Å². The molecule has 2 heterocycles. The van der Waals surface area contributed by atoms with Crippen LogP contribution < -0.4 is 9.80 Å². The van der Waals surface area contributed by atoms with Gasteiger partial charge in [-0.05, 0) is 50.5 Å². The van der Waals surface area contributed by atoms with E-state index >= 15 is 0 Å². The Kier molecular flexibility index (Phi) is 3.91. The minimum atomic E-state index is -0.383. The second kappa shape index (κ2) is 5.81. The first-order chi connectivity index (χ1) is 11.8. The first-order valence-electron chi connectivity index (χ1n) is 8.03. The summed E-state index contributed by atoms with van der Waals surface area (Å²) >= 11 is 0. The molecular weight excluding hydrogens is 320 g/mol. The van der Waals surface area contributed by atoms with Gasteiger partial charge >= 0.3 is 0 Å². The lowest BCUT2D eigenvalue weighted by atomic mass is 10.0. The van der Waals surface area contributed by atoms with Crippen molar-refractivity contribution >= 4 is 35.0 Å². The van der Waals surface area contributed by atoms with Gasteiger partial charge < -0.3 is 0 Å². The molecule has 6 nitrogen and oxygen atoms in total. The molecule has 4 amide bonds. The molecule has 6 heteroatoms. The molecule has 2 aliphatic heterocycles. The summed E-state index contributed by atoms with van der Waals surface area (Å²) in [7, 11) is 0. The van der Waals surface area contributed by atoms with Crippen LogP contribution in [0.1, 0.15) is 31.9 Å². The topological polar surface area (TPSA) is 74.8 Å². The van der Waals surface area contributed by atoms with Crippen molar-refractivity contribution < 1.29 is 19.2 Å². The van der Waals surface area contributed by atoms with Crippen molar-refractivity contribution in [2.45, 2.75) is 34.1 Å². The number of nitrogens with zero attached hydrogens (tertiary/aromatic N) is 2. The van der Waals surface area contributed by atoms with Crippen LogP contribution >= 0.6 is 0 Å². The van der Waals surface area contributed by atoms with Crippen molar-refractivity contribution in [3.8, 4) is 0 Å². The van der Waals surface area contributed by atoms with Gasteiger partial charge in [-0.15, -0.1) is 0 Å². The van der Waals surface area contributed by atoms with Crippen LogP contribution in [0.5, 0.6) is 0 Å². The third-order valence-corrected chi connectivity index (χ3v) is 4.46. The fraction of sp³-hybridized carbons (Fsp3) is 0.263. The summed E-state index contributed by atoms with van der Waals surface area (Å²) in [4.78, 5) is 51.1. The van der Waals surface area contributed by atoms with E-state index in [1.54, 1.807) is 32.9 Å². The van der Waals surface area contributed by atoms with Gasteiger partial charge in [0.2, 0.25) is 0 Å². The number of imide groups is 2. The zero-order chi connectivity index (χ0) is 18.5. The maximum Gasteiger partial charge on any atom is 0.261 e. The quantitative estimate of drug-likeness (QED) is 0.792. The summed E-state index contributed by atoms with van der Waals surface area (Å²) < 4.78 is 0. The fourth-order valence-electron chi connectivity index (χ4n) is 3.09. The number of amides is 4. The molecule has 0 radical (unpaired) electrons. The standard InChI is InChI=1S/C19H18N2O4/c1-5-13-9-14(20-16(22)7-11(3)18(20)24)10(2)6-15(13)21-17(23)8-12(4)19(21)25/h6-9H,5H2,1-4H3. The smallest absolute Gasteiger partial charge is 0.261 e. The fourth-order valence-corrected chi connectivity index (χ4v) is 3.09. The van der Waals surface area contributed by atoms with Gasteiger partial charge in [-0.25, -0.2) is 9.80 Å². The molecule has 0 atom stereocenters. The van der Waals surface area contributed by atoms with E-state index in [1.807, 2.05) is 6.92 Å². The number of carbonyl (C=O) groups is 4. The van der Waals surface area contributed by atoms with E-state index < -0.39 is 0 Å². The largest absolute Gasteiger partial charge is 0.269 e. The Labute approximate surface area is 145 Å². The summed E-state index contributed by atoms with van der Waals surface area (Å²) in [5.41, 5.74) is 3.11. The van der Waals surface area contributed by atoms with Gasteiger partial charge in [0.25, 0.3) is 23.6 Å². The number of aryl methyl sites for hydroxylation is 2. The average Bonchev–Trinajstić information content (AvgIpc) is 2.95. The average molecular weight is 338 g/mol.